The second kappa shape index (κ2) is 7.38. The lowest BCUT2D eigenvalue weighted by atomic mass is 9.92. The van der Waals surface area contributed by atoms with Gasteiger partial charge in [-0.3, -0.25) is 0 Å². The minimum absolute atomic E-state index is 0.267. The van der Waals surface area contributed by atoms with E-state index in [9.17, 15) is 0 Å². The van der Waals surface area contributed by atoms with Crippen molar-refractivity contribution in [1.82, 2.24) is 29.8 Å². The van der Waals surface area contributed by atoms with Crippen molar-refractivity contribution in [1.29, 1.82) is 0 Å². The number of imidazole rings is 1. The number of nitrogens with two attached hydrogens (primary N) is 1. The Morgan fingerprint density at radius 2 is 2.13 bits per heavy atom. The molecule has 1 aliphatic heterocycles. The van der Waals surface area contributed by atoms with Crippen LogP contribution in [0, 0.1) is 6.92 Å². The fourth-order valence-electron chi connectivity index (χ4n) is 4.00. The number of anilines is 1. The van der Waals surface area contributed by atoms with Crippen LogP contribution in [0.15, 0.2) is 36.9 Å². The zero-order valence-electron chi connectivity index (χ0n) is 17.0. The Hall–Kier alpha value is -3.52. The molecule has 1 aromatic carbocycles. The summed E-state index contributed by atoms with van der Waals surface area (Å²) >= 11 is 0. The molecule has 3 aromatic heterocycles. The summed E-state index contributed by atoms with van der Waals surface area (Å²) in [6, 6.07) is 6.27. The lowest BCUT2D eigenvalue weighted by Gasteiger charge is -2.27. The van der Waals surface area contributed by atoms with Gasteiger partial charge in [-0.25, -0.2) is 19.9 Å². The van der Waals surface area contributed by atoms with Crippen LogP contribution in [-0.2, 0) is 19.6 Å². The topological polar surface area (TPSA) is 106 Å². The molecule has 3 N–H and O–H groups in total. The van der Waals surface area contributed by atoms with E-state index in [1.54, 1.807) is 18.7 Å². The van der Waals surface area contributed by atoms with Gasteiger partial charge in [-0.2, -0.15) is 0 Å². The molecule has 4 heterocycles. The van der Waals surface area contributed by atoms with Crippen molar-refractivity contribution in [3.05, 3.63) is 59.2 Å². The van der Waals surface area contributed by atoms with E-state index in [4.69, 9.17) is 10.5 Å². The molecule has 152 valence electrons. The summed E-state index contributed by atoms with van der Waals surface area (Å²) in [5.41, 5.74) is 14.3. The van der Waals surface area contributed by atoms with Crippen LogP contribution in [0.4, 0.5) is 5.82 Å². The molecule has 0 spiro atoms. The van der Waals surface area contributed by atoms with Gasteiger partial charge in [0.25, 0.3) is 5.88 Å². The van der Waals surface area contributed by atoms with Crippen molar-refractivity contribution >= 4 is 17.0 Å². The number of nitrogens with one attached hydrogen (secondary N) is 1. The SMILES string of the molecule is Cc1cc(-c2cnc(N)c(OCc3ccnc4nc[nH]c34)n2)cc2c1CCN(C)C2. The molecule has 0 saturated carbocycles. The summed E-state index contributed by atoms with van der Waals surface area (Å²) in [7, 11) is 2.15. The van der Waals surface area contributed by atoms with E-state index in [1.165, 1.54) is 16.7 Å². The molecular weight excluding hydrogens is 378 g/mol. The van der Waals surface area contributed by atoms with Crippen LogP contribution in [0.25, 0.3) is 22.4 Å². The molecule has 0 aliphatic carbocycles. The van der Waals surface area contributed by atoms with Gasteiger partial charge in [0.15, 0.2) is 11.5 Å². The van der Waals surface area contributed by atoms with Crippen molar-refractivity contribution in [3.8, 4) is 17.1 Å². The molecule has 5 rings (SSSR count). The summed E-state index contributed by atoms with van der Waals surface area (Å²) in [6.45, 7) is 4.48. The number of nitrogens with zero attached hydrogens (tertiary/aromatic N) is 5. The molecule has 0 fully saturated rings. The number of ether oxygens (including phenoxy) is 1. The zero-order valence-corrected chi connectivity index (χ0v) is 17.0. The molecule has 0 bridgehead atoms. The molecule has 0 atom stereocenters. The minimum atomic E-state index is 0.267. The van der Waals surface area contributed by atoms with E-state index < -0.39 is 0 Å². The van der Waals surface area contributed by atoms with Gasteiger partial charge >= 0.3 is 0 Å². The largest absolute Gasteiger partial charge is 0.470 e. The number of aromatic amines is 1. The van der Waals surface area contributed by atoms with Crippen LogP contribution in [-0.4, -0.2) is 43.4 Å². The summed E-state index contributed by atoms with van der Waals surface area (Å²) in [4.78, 5) is 22.8. The van der Waals surface area contributed by atoms with Gasteiger partial charge in [0.05, 0.1) is 23.7 Å². The average molecular weight is 401 g/mol. The number of hydrogen-bond acceptors (Lipinski definition) is 7. The summed E-state index contributed by atoms with van der Waals surface area (Å²) in [6.07, 6.45) is 6.11. The number of aryl methyl sites for hydroxylation is 1. The zero-order chi connectivity index (χ0) is 20.7. The van der Waals surface area contributed by atoms with Gasteiger partial charge in [-0.15, -0.1) is 0 Å². The fraction of sp³-hybridized carbons (Fsp3) is 0.273. The lowest BCUT2D eigenvalue weighted by Crippen LogP contribution is -2.27. The minimum Gasteiger partial charge on any atom is -0.470 e. The maximum absolute atomic E-state index is 6.05. The first-order valence-electron chi connectivity index (χ1n) is 9.92. The maximum atomic E-state index is 6.05. The van der Waals surface area contributed by atoms with Gasteiger partial charge in [0.2, 0.25) is 0 Å². The number of fused-ring (bicyclic) bond motifs is 2. The Morgan fingerprint density at radius 1 is 1.23 bits per heavy atom. The number of nitrogen functional groups attached to an aromatic ring is 1. The smallest absolute Gasteiger partial charge is 0.258 e. The van der Waals surface area contributed by atoms with Crippen LogP contribution in [0.2, 0.25) is 0 Å². The highest BCUT2D eigenvalue weighted by molar-refractivity contribution is 5.73. The normalized spacial score (nSPS) is 14.1. The summed E-state index contributed by atoms with van der Waals surface area (Å²) in [5, 5.41) is 0. The lowest BCUT2D eigenvalue weighted by molar-refractivity contribution is 0.296. The molecule has 8 heteroatoms. The Morgan fingerprint density at radius 3 is 3.03 bits per heavy atom. The van der Waals surface area contributed by atoms with Crippen LogP contribution in [0.1, 0.15) is 22.3 Å². The van der Waals surface area contributed by atoms with Crippen molar-refractivity contribution < 1.29 is 4.74 Å². The number of hydrogen-bond donors (Lipinski definition) is 2. The van der Waals surface area contributed by atoms with Crippen molar-refractivity contribution in [2.45, 2.75) is 26.5 Å². The highest BCUT2D eigenvalue weighted by Crippen LogP contribution is 2.30. The molecule has 30 heavy (non-hydrogen) atoms. The van der Waals surface area contributed by atoms with E-state index in [-0.39, 0.29) is 12.4 Å². The van der Waals surface area contributed by atoms with E-state index >= 15 is 0 Å². The second-order valence-electron chi connectivity index (χ2n) is 7.72. The third kappa shape index (κ3) is 3.35. The quantitative estimate of drug-likeness (QED) is 0.541. The number of pyridine rings is 1. The van der Waals surface area contributed by atoms with Crippen molar-refractivity contribution in [3.63, 3.8) is 0 Å². The Labute approximate surface area is 174 Å². The number of rotatable bonds is 4. The second-order valence-corrected chi connectivity index (χ2v) is 7.72. The standard InChI is InChI=1S/C22H23N7O/c1-13-7-15(8-16-10-29(2)6-4-17(13)16)18-9-25-20(23)22(28-18)30-11-14-3-5-24-21-19(14)26-12-27-21/h3,5,7-9,12H,4,6,10-11H2,1-2H3,(H2,23,25)(H,24,26,27). The Kier molecular flexibility index (Phi) is 4.55. The molecule has 4 aromatic rings. The van der Waals surface area contributed by atoms with E-state index in [0.29, 0.717) is 11.5 Å². The molecule has 0 radical (unpaired) electrons. The number of likely N-dealkylation sites (N-methyl/N-ethyl adjacent to an activating group) is 1. The third-order valence-corrected chi connectivity index (χ3v) is 5.59. The highest BCUT2D eigenvalue weighted by atomic mass is 16.5. The molecule has 8 nitrogen and oxygen atoms in total. The van der Waals surface area contributed by atoms with Crippen LogP contribution >= 0.6 is 0 Å². The van der Waals surface area contributed by atoms with E-state index in [1.807, 2.05) is 6.07 Å². The monoisotopic (exact) mass is 401 g/mol. The molecule has 1 aliphatic rings. The predicted octanol–water partition coefficient (Wildman–Crippen LogP) is 2.87. The van der Waals surface area contributed by atoms with Gasteiger partial charge < -0.3 is 20.4 Å². The predicted molar refractivity (Wildman–Crippen MR) is 115 cm³/mol. The summed E-state index contributed by atoms with van der Waals surface area (Å²) < 4.78 is 5.94. The molecule has 0 saturated heterocycles. The Bertz CT molecular complexity index is 1230. The van der Waals surface area contributed by atoms with Crippen LogP contribution in [0.5, 0.6) is 5.88 Å². The first-order valence-corrected chi connectivity index (χ1v) is 9.92. The summed E-state index contributed by atoms with van der Waals surface area (Å²) in [5.74, 6) is 0.590. The van der Waals surface area contributed by atoms with Gasteiger partial charge in [-0.05, 0) is 55.3 Å². The third-order valence-electron chi connectivity index (χ3n) is 5.59. The van der Waals surface area contributed by atoms with E-state index in [0.717, 1.165) is 41.8 Å². The van der Waals surface area contributed by atoms with Crippen molar-refractivity contribution in [2.24, 2.45) is 0 Å². The number of benzene rings is 1. The molecule has 0 amide bonds. The first-order chi connectivity index (χ1) is 14.6. The fourth-order valence-corrected chi connectivity index (χ4v) is 4.00. The molecule has 0 unspecified atom stereocenters. The number of aromatic nitrogens is 5. The average Bonchev–Trinajstić information content (AvgIpc) is 3.22. The highest BCUT2D eigenvalue weighted by Gasteiger charge is 2.18. The van der Waals surface area contributed by atoms with Gasteiger partial charge in [-0.1, -0.05) is 0 Å². The van der Waals surface area contributed by atoms with Crippen molar-refractivity contribution in [2.75, 3.05) is 19.3 Å². The maximum Gasteiger partial charge on any atom is 0.258 e. The molecular formula is C22H23N7O. The first kappa shape index (κ1) is 18.5. The number of H-pyrrole nitrogens is 1. The van der Waals surface area contributed by atoms with E-state index in [2.05, 4.69) is 55.9 Å². The Balaban J connectivity index is 1.45. The van der Waals surface area contributed by atoms with Crippen LogP contribution in [0.3, 0.4) is 0 Å². The van der Waals surface area contributed by atoms with Gasteiger partial charge in [0, 0.05) is 30.4 Å². The van der Waals surface area contributed by atoms with Gasteiger partial charge in [0.1, 0.15) is 6.61 Å². The van der Waals surface area contributed by atoms with Crippen LogP contribution < -0.4 is 10.5 Å².